The quantitative estimate of drug-likeness (QED) is 0.592. The SMILES string of the molecule is Cc1cccc2[nH]c(=O)[nH]c12.[HH].[HH]. The molecule has 2 aromatic rings. The number of hydrogen-bond donors (Lipinski definition) is 2. The molecule has 0 aliphatic rings. The van der Waals surface area contributed by atoms with Crippen molar-refractivity contribution < 1.29 is 2.85 Å². The van der Waals surface area contributed by atoms with E-state index in [0.29, 0.717) is 0 Å². The van der Waals surface area contributed by atoms with Crippen LogP contribution >= 0.6 is 0 Å². The van der Waals surface area contributed by atoms with Gasteiger partial charge in [0.05, 0.1) is 11.0 Å². The molecule has 60 valence electrons. The van der Waals surface area contributed by atoms with Crippen molar-refractivity contribution in [1.29, 1.82) is 0 Å². The molecule has 0 spiro atoms. The Bertz CT molecular complexity index is 447. The number of imidazole rings is 1. The summed E-state index contributed by atoms with van der Waals surface area (Å²) < 4.78 is 0. The minimum Gasteiger partial charge on any atom is -0.306 e. The Kier molecular flexibility index (Phi) is 1.12. The molecule has 1 aromatic heterocycles. The molecule has 0 saturated carbocycles. The van der Waals surface area contributed by atoms with Crippen LogP contribution in [0.15, 0.2) is 23.0 Å². The van der Waals surface area contributed by atoms with Crippen LogP contribution in [-0.2, 0) is 0 Å². The molecule has 0 radical (unpaired) electrons. The summed E-state index contributed by atoms with van der Waals surface area (Å²) in [7, 11) is 0. The van der Waals surface area contributed by atoms with Crippen molar-refractivity contribution in [3.8, 4) is 0 Å². The second-order valence-corrected chi connectivity index (χ2v) is 2.58. The predicted octanol–water partition coefficient (Wildman–Crippen LogP) is 1.66. The molecule has 0 atom stereocenters. The van der Waals surface area contributed by atoms with E-state index < -0.39 is 0 Å². The highest BCUT2D eigenvalue weighted by Gasteiger charge is 1.97. The van der Waals surface area contributed by atoms with Gasteiger partial charge in [-0.05, 0) is 18.6 Å². The van der Waals surface area contributed by atoms with Crippen LogP contribution in [0.3, 0.4) is 0 Å². The van der Waals surface area contributed by atoms with Gasteiger partial charge in [-0.3, -0.25) is 0 Å². The standard InChI is InChI=1S/C8H8N2O.2H2/c1-5-3-2-4-6-7(5)10-8(11)9-6;;/h2-4H,1H3,(H2,9,10,11);2*1H. The number of aryl methyl sites for hydroxylation is 1. The summed E-state index contributed by atoms with van der Waals surface area (Å²) in [5.41, 5.74) is 2.71. The maximum absolute atomic E-state index is 10.8. The Morgan fingerprint density at radius 2 is 2.18 bits per heavy atom. The first-order valence-corrected chi connectivity index (χ1v) is 3.45. The van der Waals surface area contributed by atoms with Gasteiger partial charge in [0.2, 0.25) is 0 Å². The third-order valence-corrected chi connectivity index (χ3v) is 1.76. The molecule has 0 unspecified atom stereocenters. The van der Waals surface area contributed by atoms with Crippen molar-refractivity contribution in [1.82, 2.24) is 9.97 Å². The molecule has 3 nitrogen and oxygen atoms in total. The Labute approximate surface area is 66.0 Å². The van der Waals surface area contributed by atoms with E-state index >= 15 is 0 Å². The van der Waals surface area contributed by atoms with E-state index in [4.69, 9.17) is 0 Å². The van der Waals surface area contributed by atoms with Gasteiger partial charge in [-0.25, -0.2) is 4.79 Å². The van der Waals surface area contributed by atoms with Crippen molar-refractivity contribution in [2.75, 3.05) is 0 Å². The Morgan fingerprint density at radius 1 is 1.36 bits per heavy atom. The first kappa shape index (κ1) is 6.22. The number of para-hydroxylation sites is 1. The molecule has 0 saturated heterocycles. The number of fused-ring (bicyclic) bond motifs is 1. The number of rotatable bonds is 0. The molecule has 2 rings (SSSR count). The van der Waals surface area contributed by atoms with Gasteiger partial charge in [-0.15, -0.1) is 0 Å². The van der Waals surface area contributed by atoms with E-state index in [1.807, 2.05) is 25.1 Å². The summed E-state index contributed by atoms with van der Waals surface area (Å²) in [6.45, 7) is 1.96. The maximum atomic E-state index is 10.8. The van der Waals surface area contributed by atoms with Crippen LogP contribution < -0.4 is 5.69 Å². The van der Waals surface area contributed by atoms with Gasteiger partial charge in [0.25, 0.3) is 0 Å². The number of nitrogens with one attached hydrogen (secondary N) is 2. The van der Waals surface area contributed by atoms with Crippen LogP contribution in [0.25, 0.3) is 11.0 Å². The fourth-order valence-corrected chi connectivity index (χ4v) is 1.20. The van der Waals surface area contributed by atoms with Crippen molar-refractivity contribution in [2.24, 2.45) is 0 Å². The zero-order chi connectivity index (χ0) is 7.84. The topological polar surface area (TPSA) is 48.6 Å². The third kappa shape index (κ3) is 0.852. The molecule has 0 aliphatic heterocycles. The van der Waals surface area contributed by atoms with Crippen molar-refractivity contribution in [2.45, 2.75) is 6.92 Å². The monoisotopic (exact) mass is 152 g/mol. The van der Waals surface area contributed by atoms with E-state index in [1.165, 1.54) is 0 Å². The minimum atomic E-state index is -0.144. The minimum absolute atomic E-state index is 0. The van der Waals surface area contributed by atoms with E-state index in [0.717, 1.165) is 16.6 Å². The van der Waals surface area contributed by atoms with E-state index in [-0.39, 0.29) is 8.54 Å². The van der Waals surface area contributed by atoms with Crippen molar-refractivity contribution in [3.63, 3.8) is 0 Å². The van der Waals surface area contributed by atoms with Gasteiger partial charge in [-0.1, -0.05) is 12.1 Å². The first-order valence-electron chi connectivity index (χ1n) is 3.45. The van der Waals surface area contributed by atoms with Crippen molar-refractivity contribution >= 4 is 11.0 Å². The summed E-state index contributed by atoms with van der Waals surface area (Å²) in [5.74, 6) is 0. The van der Waals surface area contributed by atoms with E-state index in [1.54, 1.807) is 0 Å². The van der Waals surface area contributed by atoms with Gasteiger partial charge >= 0.3 is 5.69 Å². The molecule has 1 heterocycles. The average molecular weight is 152 g/mol. The summed E-state index contributed by atoms with van der Waals surface area (Å²) in [5, 5.41) is 0. The molecule has 0 bridgehead atoms. The van der Waals surface area contributed by atoms with Gasteiger partial charge in [-0.2, -0.15) is 0 Å². The van der Waals surface area contributed by atoms with Crippen LogP contribution in [0.4, 0.5) is 0 Å². The molecule has 0 aliphatic carbocycles. The van der Waals surface area contributed by atoms with Crippen LogP contribution in [0, 0.1) is 6.92 Å². The molecule has 1 aromatic carbocycles. The molecule has 3 heteroatoms. The molecule has 0 fully saturated rings. The van der Waals surface area contributed by atoms with Crippen LogP contribution in [0.1, 0.15) is 8.42 Å². The lowest BCUT2D eigenvalue weighted by atomic mass is 10.2. The van der Waals surface area contributed by atoms with Crippen LogP contribution in [-0.4, -0.2) is 9.97 Å². The number of hydrogen-bond acceptors (Lipinski definition) is 1. The number of benzene rings is 1. The van der Waals surface area contributed by atoms with E-state index in [9.17, 15) is 4.79 Å². The third-order valence-electron chi connectivity index (χ3n) is 1.76. The number of H-pyrrole nitrogens is 2. The largest absolute Gasteiger partial charge is 0.323 e. The summed E-state index contributed by atoms with van der Waals surface area (Å²) in [6, 6.07) is 5.76. The fourth-order valence-electron chi connectivity index (χ4n) is 1.20. The lowest BCUT2D eigenvalue weighted by Crippen LogP contribution is -1.99. The fraction of sp³-hybridized carbons (Fsp3) is 0.125. The lowest BCUT2D eigenvalue weighted by Gasteiger charge is -1.91. The maximum Gasteiger partial charge on any atom is 0.323 e. The Morgan fingerprint density at radius 3 is 2.91 bits per heavy atom. The Hall–Kier alpha value is -1.51. The second kappa shape index (κ2) is 1.99. The second-order valence-electron chi connectivity index (χ2n) is 2.58. The van der Waals surface area contributed by atoms with Gasteiger partial charge < -0.3 is 9.97 Å². The highest BCUT2D eigenvalue weighted by atomic mass is 16.1. The Balaban J connectivity index is 0.000000720. The molecule has 11 heavy (non-hydrogen) atoms. The zero-order valence-electron chi connectivity index (χ0n) is 6.14. The zero-order valence-corrected chi connectivity index (χ0v) is 6.14. The smallest absolute Gasteiger partial charge is 0.306 e. The van der Waals surface area contributed by atoms with Gasteiger partial charge in [0.1, 0.15) is 0 Å². The number of aromatic amines is 2. The average Bonchev–Trinajstić information content (AvgIpc) is 2.31. The van der Waals surface area contributed by atoms with Crippen LogP contribution in [0.2, 0.25) is 0 Å². The highest BCUT2D eigenvalue weighted by molar-refractivity contribution is 5.77. The van der Waals surface area contributed by atoms with Crippen molar-refractivity contribution in [3.05, 3.63) is 34.2 Å². The summed E-state index contributed by atoms with van der Waals surface area (Å²) in [6.07, 6.45) is 0. The normalized spacial score (nSPS) is 10.6. The first-order chi connectivity index (χ1) is 5.27. The van der Waals surface area contributed by atoms with Crippen LogP contribution in [0.5, 0.6) is 0 Å². The summed E-state index contributed by atoms with van der Waals surface area (Å²) in [4.78, 5) is 16.2. The molecular formula is C8H12N2O. The van der Waals surface area contributed by atoms with Gasteiger partial charge in [0.15, 0.2) is 0 Å². The highest BCUT2D eigenvalue weighted by Crippen LogP contribution is 2.10. The summed E-state index contributed by atoms with van der Waals surface area (Å²) >= 11 is 0. The molecule has 0 amide bonds. The molecule has 2 N–H and O–H groups in total. The number of aromatic nitrogens is 2. The lowest BCUT2D eigenvalue weighted by molar-refractivity contribution is 1.21. The molecular weight excluding hydrogens is 140 g/mol. The van der Waals surface area contributed by atoms with E-state index in [2.05, 4.69) is 9.97 Å². The predicted molar refractivity (Wildman–Crippen MR) is 47.9 cm³/mol. The van der Waals surface area contributed by atoms with Gasteiger partial charge in [0, 0.05) is 2.85 Å².